The molecule has 0 spiro atoms. The topological polar surface area (TPSA) is 75.3 Å². The van der Waals surface area contributed by atoms with E-state index in [9.17, 15) is 26.4 Å². The van der Waals surface area contributed by atoms with Gasteiger partial charge in [0.1, 0.15) is 0 Å². The highest BCUT2D eigenvalue weighted by molar-refractivity contribution is 7.89. The summed E-state index contributed by atoms with van der Waals surface area (Å²) in [4.78, 5) is 12.1. The molecule has 2 N–H and O–H groups in total. The second kappa shape index (κ2) is 7.65. The van der Waals surface area contributed by atoms with Gasteiger partial charge in [-0.1, -0.05) is 23.7 Å². The van der Waals surface area contributed by atoms with Gasteiger partial charge in [-0.15, -0.1) is 0 Å². The van der Waals surface area contributed by atoms with Crippen LogP contribution in [0, 0.1) is 0 Å². The van der Waals surface area contributed by atoms with Gasteiger partial charge in [0.15, 0.2) is 0 Å². The highest BCUT2D eigenvalue weighted by Crippen LogP contribution is 2.29. The molecule has 2 aromatic carbocycles. The molecular weight excluding hydrogens is 393 g/mol. The predicted molar refractivity (Wildman–Crippen MR) is 90.3 cm³/mol. The highest BCUT2D eigenvalue weighted by atomic mass is 35.5. The number of halogens is 4. The summed E-state index contributed by atoms with van der Waals surface area (Å²) in [5.74, 6) is -0.708. The number of rotatable bonds is 5. The fourth-order valence-corrected chi connectivity index (χ4v) is 3.06. The molecule has 0 saturated heterocycles. The zero-order chi connectivity index (χ0) is 19.5. The molecule has 0 aliphatic heterocycles. The first-order chi connectivity index (χ1) is 12.0. The second-order valence-electron chi connectivity index (χ2n) is 5.23. The van der Waals surface area contributed by atoms with Crippen molar-refractivity contribution >= 4 is 27.5 Å². The Morgan fingerprint density at radius 1 is 1.15 bits per heavy atom. The number of carbonyl (C=O) groups excluding carboxylic acids is 1. The van der Waals surface area contributed by atoms with Crippen LogP contribution in [0.1, 0.15) is 21.5 Å². The van der Waals surface area contributed by atoms with Crippen LogP contribution in [0.25, 0.3) is 0 Å². The van der Waals surface area contributed by atoms with Crippen molar-refractivity contribution in [3.05, 3.63) is 64.2 Å². The van der Waals surface area contributed by atoms with Gasteiger partial charge in [0.25, 0.3) is 5.91 Å². The van der Waals surface area contributed by atoms with E-state index < -0.39 is 27.7 Å². The minimum atomic E-state index is -4.49. The van der Waals surface area contributed by atoms with Crippen molar-refractivity contribution in [3.8, 4) is 0 Å². The lowest BCUT2D eigenvalue weighted by molar-refractivity contribution is -0.137. The van der Waals surface area contributed by atoms with Crippen molar-refractivity contribution in [2.24, 2.45) is 0 Å². The van der Waals surface area contributed by atoms with Gasteiger partial charge in [0, 0.05) is 6.54 Å². The maximum atomic E-state index is 12.7. The van der Waals surface area contributed by atoms with Gasteiger partial charge in [-0.2, -0.15) is 13.2 Å². The lowest BCUT2D eigenvalue weighted by Crippen LogP contribution is -2.24. The zero-order valence-electron chi connectivity index (χ0n) is 13.4. The number of sulfonamides is 1. The van der Waals surface area contributed by atoms with Gasteiger partial charge in [-0.25, -0.2) is 13.1 Å². The first kappa shape index (κ1) is 20.2. The van der Waals surface area contributed by atoms with E-state index in [0.29, 0.717) is 0 Å². The van der Waals surface area contributed by atoms with Gasteiger partial charge in [0.2, 0.25) is 10.0 Å². The SMILES string of the molecule is CNS(=O)(=O)c1ccc(Cl)c(C(=O)NCc2cccc(C(F)(F)F)c2)c1. The maximum absolute atomic E-state index is 12.7. The van der Waals surface area contributed by atoms with Crippen molar-refractivity contribution < 1.29 is 26.4 Å². The Bertz CT molecular complexity index is 931. The number of benzene rings is 2. The van der Waals surface area contributed by atoms with Crippen LogP contribution in [-0.2, 0) is 22.7 Å². The van der Waals surface area contributed by atoms with E-state index in [2.05, 4.69) is 10.0 Å². The summed E-state index contributed by atoms with van der Waals surface area (Å²) in [6.07, 6.45) is -4.49. The largest absolute Gasteiger partial charge is 0.416 e. The van der Waals surface area contributed by atoms with E-state index in [1.165, 1.54) is 31.3 Å². The Kier molecular flexibility index (Phi) is 5.94. The fraction of sp³-hybridized carbons (Fsp3) is 0.188. The number of alkyl halides is 3. The molecule has 0 bridgehead atoms. The van der Waals surface area contributed by atoms with Crippen LogP contribution in [0.5, 0.6) is 0 Å². The standard InChI is InChI=1S/C16H14ClF3N2O3S/c1-21-26(24,25)12-5-6-14(17)13(8-12)15(23)22-9-10-3-2-4-11(7-10)16(18,19)20/h2-8,21H,9H2,1H3,(H,22,23). The fourth-order valence-electron chi connectivity index (χ4n) is 2.10. The van der Waals surface area contributed by atoms with Gasteiger partial charge in [-0.3, -0.25) is 4.79 Å². The normalized spacial score (nSPS) is 12.0. The first-order valence-corrected chi connectivity index (χ1v) is 9.08. The summed E-state index contributed by atoms with van der Waals surface area (Å²) >= 11 is 5.93. The number of amides is 1. The van der Waals surface area contributed by atoms with Gasteiger partial charge >= 0.3 is 6.18 Å². The van der Waals surface area contributed by atoms with Crippen molar-refractivity contribution in [2.45, 2.75) is 17.6 Å². The molecule has 0 fully saturated rings. The van der Waals surface area contributed by atoms with Crippen molar-refractivity contribution in [1.82, 2.24) is 10.0 Å². The number of hydrogen-bond donors (Lipinski definition) is 2. The number of hydrogen-bond acceptors (Lipinski definition) is 3. The third-order valence-corrected chi connectivity index (χ3v) is 5.21. The summed E-state index contributed by atoms with van der Waals surface area (Å²) in [5, 5.41) is 2.44. The van der Waals surface area contributed by atoms with Crippen LogP contribution >= 0.6 is 11.6 Å². The molecule has 0 aromatic heterocycles. The molecule has 0 unspecified atom stereocenters. The molecular formula is C16H14ClF3N2O3S. The molecule has 10 heteroatoms. The van der Waals surface area contributed by atoms with Crippen LogP contribution < -0.4 is 10.0 Å². The molecule has 2 rings (SSSR count). The third kappa shape index (κ3) is 4.75. The Morgan fingerprint density at radius 3 is 2.46 bits per heavy atom. The van der Waals surface area contributed by atoms with E-state index in [1.807, 2.05) is 0 Å². The van der Waals surface area contributed by atoms with Crippen LogP contribution in [0.15, 0.2) is 47.4 Å². The minimum absolute atomic E-state index is 0.0154. The second-order valence-corrected chi connectivity index (χ2v) is 7.52. The van der Waals surface area contributed by atoms with Crippen LogP contribution in [-0.4, -0.2) is 21.4 Å². The van der Waals surface area contributed by atoms with Gasteiger partial charge in [0.05, 0.1) is 21.0 Å². The number of carbonyl (C=O) groups is 1. The smallest absolute Gasteiger partial charge is 0.348 e. The average molecular weight is 407 g/mol. The lowest BCUT2D eigenvalue weighted by Gasteiger charge is -2.11. The lowest BCUT2D eigenvalue weighted by atomic mass is 10.1. The van der Waals surface area contributed by atoms with Gasteiger partial charge < -0.3 is 5.32 Å². The molecule has 0 radical (unpaired) electrons. The Hall–Kier alpha value is -2.10. The van der Waals surface area contributed by atoms with Crippen molar-refractivity contribution in [1.29, 1.82) is 0 Å². The average Bonchev–Trinajstić information content (AvgIpc) is 2.59. The molecule has 0 aliphatic carbocycles. The molecule has 0 saturated carbocycles. The highest BCUT2D eigenvalue weighted by Gasteiger charge is 2.30. The molecule has 0 aliphatic rings. The summed E-state index contributed by atoms with van der Waals surface area (Å²) in [5.41, 5.74) is -0.692. The van der Waals surface area contributed by atoms with E-state index in [-0.39, 0.29) is 27.6 Å². The summed E-state index contributed by atoms with van der Waals surface area (Å²) in [6.45, 7) is -0.178. The quantitative estimate of drug-likeness (QED) is 0.800. The molecule has 0 atom stereocenters. The van der Waals surface area contributed by atoms with E-state index in [1.54, 1.807) is 0 Å². The maximum Gasteiger partial charge on any atom is 0.416 e. The molecule has 0 heterocycles. The van der Waals surface area contributed by atoms with Crippen LogP contribution in [0.2, 0.25) is 5.02 Å². The monoisotopic (exact) mass is 406 g/mol. The van der Waals surface area contributed by atoms with E-state index in [4.69, 9.17) is 11.6 Å². The summed E-state index contributed by atoms with van der Waals surface area (Å²) in [7, 11) is -2.55. The first-order valence-electron chi connectivity index (χ1n) is 7.22. The van der Waals surface area contributed by atoms with E-state index in [0.717, 1.165) is 18.2 Å². The van der Waals surface area contributed by atoms with Crippen LogP contribution in [0.3, 0.4) is 0 Å². The molecule has 1 amide bonds. The molecule has 2 aromatic rings. The summed E-state index contributed by atoms with van der Waals surface area (Å²) in [6, 6.07) is 8.09. The van der Waals surface area contributed by atoms with Crippen molar-refractivity contribution in [3.63, 3.8) is 0 Å². The Labute approximate surface area is 153 Å². The van der Waals surface area contributed by atoms with Gasteiger partial charge in [-0.05, 0) is 42.9 Å². The molecule has 26 heavy (non-hydrogen) atoms. The third-order valence-electron chi connectivity index (χ3n) is 3.47. The van der Waals surface area contributed by atoms with Crippen molar-refractivity contribution in [2.75, 3.05) is 7.05 Å². The van der Waals surface area contributed by atoms with E-state index >= 15 is 0 Å². The van der Waals surface area contributed by atoms with Crippen LogP contribution in [0.4, 0.5) is 13.2 Å². The Balaban J connectivity index is 2.20. The number of nitrogens with one attached hydrogen (secondary N) is 2. The Morgan fingerprint density at radius 2 is 1.85 bits per heavy atom. The minimum Gasteiger partial charge on any atom is -0.348 e. The molecule has 5 nitrogen and oxygen atoms in total. The predicted octanol–water partition coefficient (Wildman–Crippen LogP) is 3.20. The molecule has 140 valence electrons. The zero-order valence-corrected chi connectivity index (χ0v) is 15.0. The summed E-state index contributed by atoms with van der Waals surface area (Å²) < 4.78 is 63.8.